The number of halogens is 1. The highest BCUT2D eigenvalue weighted by molar-refractivity contribution is 9.10. The zero-order valence-corrected chi connectivity index (χ0v) is 11.8. The lowest BCUT2D eigenvalue weighted by atomic mass is 10.1. The van der Waals surface area contributed by atoms with Gasteiger partial charge in [0.25, 0.3) is 0 Å². The maximum absolute atomic E-state index is 11.3. The number of Topliss-reactive ketones (excluding diaryl/α,β-unsaturated/α-hetero) is 1. The van der Waals surface area contributed by atoms with Crippen LogP contribution >= 0.6 is 15.9 Å². The second kappa shape index (κ2) is 5.31. The second-order valence-corrected chi connectivity index (χ2v) is 4.88. The topological polar surface area (TPSA) is 42.0 Å². The molecule has 18 heavy (non-hydrogen) atoms. The number of nitrogens with zero attached hydrogens (tertiary/aromatic N) is 1. The van der Waals surface area contributed by atoms with E-state index >= 15 is 0 Å². The van der Waals surface area contributed by atoms with Crippen LogP contribution in [0, 0.1) is 6.92 Å². The molecule has 0 saturated heterocycles. The van der Waals surface area contributed by atoms with Crippen LogP contribution in [0.25, 0.3) is 0 Å². The van der Waals surface area contributed by atoms with E-state index < -0.39 is 0 Å². The standard InChI is InChI=1S/C14H13BrN2O/c1-9-13(15)6-7-14(16-9)17-12-5-3-4-11(8-12)10(2)18/h3-8H,1-2H3,(H,16,17). The summed E-state index contributed by atoms with van der Waals surface area (Å²) in [6, 6.07) is 11.2. The molecule has 4 heteroatoms. The molecule has 0 fully saturated rings. The summed E-state index contributed by atoms with van der Waals surface area (Å²) in [4.78, 5) is 15.7. The Bertz CT molecular complexity index is 596. The Morgan fingerprint density at radius 3 is 2.72 bits per heavy atom. The minimum Gasteiger partial charge on any atom is -0.340 e. The van der Waals surface area contributed by atoms with Gasteiger partial charge in [-0.2, -0.15) is 0 Å². The van der Waals surface area contributed by atoms with E-state index in [-0.39, 0.29) is 5.78 Å². The van der Waals surface area contributed by atoms with Gasteiger partial charge >= 0.3 is 0 Å². The van der Waals surface area contributed by atoms with Gasteiger partial charge in [0.1, 0.15) is 5.82 Å². The number of nitrogens with one attached hydrogen (secondary N) is 1. The number of carbonyl (C=O) groups excluding carboxylic acids is 1. The third kappa shape index (κ3) is 2.96. The van der Waals surface area contributed by atoms with E-state index in [1.54, 1.807) is 13.0 Å². The van der Waals surface area contributed by atoms with Crippen LogP contribution in [0.4, 0.5) is 11.5 Å². The molecule has 92 valence electrons. The molecule has 0 bridgehead atoms. The summed E-state index contributed by atoms with van der Waals surface area (Å²) in [5.41, 5.74) is 2.47. The Labute approximate surface area is 114 Å². The highest BCUT2D eigenvalue weighted by Gasteiger charge is 2.02. The fourth-order valence-electron chi connectivity index (χ4n) is 1.58. The van der Waals surface area contributed by atoms with E-state index in [0.717, 1.165) is 21.7 Å². The van der Waals surface area contributed by atoms with Crippen LogP contribution in [0.1, 0.15) is 23.0 Å². The highest BCUT2D eigenvalue weighted by Crippen LogP contribution is 2.20. The van der Waals surface area contributed by atoms with Crippen LogP contribution in [-0.2, 0) is 0 Å². The molecule has 0 unspecified atom stereocenters. The van der Waals surface area contributed by atoms with Crippen molar-refractivity contribution < 1.29 is 4.79 Å². The van der Waals surface area contributed by atoms with Gasteiger partial charge in [-0.15, -0.1) is 0 Å². The number of anilines is 2. The first-order valence-corrected chi connectivity index (χ1v) is 6.37. The first-order chi connectivity index (χ1) is 8.56. The van der Waals surface area contributed by atoms with Crippen molar-refractivity contribution >= 4 is 33.2 Å². The minimum atomic E-state index is 0.0543. The van der Waals surface area contributed by atoms with Crippen LogP contribution in [0.2, 0.25) is 0 Å². The molecular weight excluding hydrogens is 292 g/mol. The van der Waals surface area contributed by atoms with Crippen molar-refractivity contribution in [2.24, 2.45) is 0 Å². The molecule has 0 aliphatic heterocycles. The Kier molecular flexibility index (Phi) is 3.77. The fraction of sp³-hybridized carbons (Fsp3) is 0.143. The SMILES string of the molecule is CC(=O)c1cccc(Nc2ccc(Br)c(C)n2)c1. The quantitative estimate of drug-likeness (QED) is 0.868. The van der Waals surface area contributed by atoms with Gasteiger partial charge in [-0.3, -0.25) is 4.79 Å². The maximum Gasteiger partial charge on any atom is 0.159 e. The van der Waals surface area contributed by atoms with Crippen LogP contribution in [0.3, 0.4) is 0 Å². The molecule has 2 aromatic rings. The van der Waals surface area contributed by atoms with Crippen LogP contribution < -0.4 is 5.32 Å². The molecule has 1 aromatic carbocycles. The van der Waals surface area contributed by atoms with Gasteiger partial charge in [-0.05, 0) is 54.0 Å². The monoisotopic (exact) mass is 304 g/mol. The van der Waals surface area contributed by atoms with Crippen molar-refractivity contribution in [3.63, 3.8) is 0 Å². The predicted octanol–water partition coefficient (Wildman–Crippen LogP) is 4.10. The highest BCUT2D eigenvalue weighted by atomic mass is 79.9. The van der Waals surface area contributed by atoms with Crippen molar-refractivity contribution in [3.05, 3.63) is 52.1 Å². The molecule has 0 radical (unpaired) electrons. The number of ketones is 1. The van der Waals surface area contributed by atoms with E-state index in [1.807, 2.05) is 37.3 Å². The van der Waals surface area contributed by atoms with E-state index in [1.165, 1.54) is 0 Å². The molecule has 0 amide bonds. The predicted molar refractivity (Wildman–Crippen MR) is 76.4 cm³/mol. The van der Waals surface area contributed by atoms with E-state index in [2.05, 4.69) is 26.2 Å². The van der Waals surface area contributed by atoms with E-state index in [4.69, 9.17) is 0 Å². The molecule has 0 saturated carbocycles. The fourth-order valence-corrected chi connectivity index (χ4v) is 1.80. The lowest BCUT2D eigenvalue weighted by Crippen LogP contribution is -1.97. The molecule has 2 rings (SSSR count). The Morgan fingerprint density at radius 2 is 2.06 bits per heavy atom. The number of rotatable bonds is 3. The van der Waals surface area contributed by atoms with Gasteiger partial charge in [0, 0.05) is 15.7 Å². The zero-order chi connectivity index (χ0) is 13.1. The van der Waals surface area contributed by atoms with E-state index in [9.17, 15) is 4.79 Å². The summed E-state index contributed by atoms with van der Waals surface area (Å²) in [7, 11) is 0. The molecule has 0 spiro atoms. The number of hydrogen-bond acceptors (Lipinski definition) is 3. The van der Waals surface area contributed by atoms with Crippen molar-refractivity contribution in [3.8, 4) is 0 Å². The largest absolute Gasteiger partial charge is 0.340 e. The summed E-state index contributed by atoms with van der Waals surface area (Å²) in [6.45, 7) is 3.49. The molecule has 1 aromatic heterocycles. The Balaban J connectivity index is 2.25. The number of carbonyl (C=O) groups is 1. The van der Waals surface area contributed by atoms with Gasteiger partial charge in [-0.25, -0.2) is 4.98 Å². The zero-order valence-electron chi connectivity index (χ0n) is 10.2. The lowest BCUT2D eigenvalue weighted by molar-refractivity contribution is 0.101. The maximum atomic E-state index is 11.3. The average Bonchev–Trinajstić information content (AvgIpc) is 2.34. The molecule has 1 N–H and O–H groups in total. The van der Waals surface area contributed by atoms with Gasteiger partial charge in [0.05, 0.1) is 5.69 Å². The van der Waals surface area contributed by atoms with E-state index in [0.29, 0.717) is 5.56 Å². The van der Waals surface area contributed by atoms with Crippen molar-refractivity contribution in [1.29, 1.82) is 0 Å². The molecule has 0 atom stereocenters. The normalized spacial score (nSPS) is 10.2. The first-order valence-electron chi connectivity index (χ1n) is 5.57. The van der Waals surface area contributed by atoms with Gasteiger partial charge in [0.15, 0.2) is 5.78 Å². The summed E-state index contributed by atoms with van der Waals surface area (Å²) in [5.74, 6) is 0.815. The number of aryl methyl sites for hydroxylation is 1. The summed E-state index contributed by atoms with van der Waals surface area (Å²) < 4.78 is 0.977. The first kappa shape index (κ1) is 12.8. The van der Waals surface area contributed by atoms with Crippen LogP contribution in [0.15, 0.2) is 40.9 Å². The number of benzene rings is 1. The summed E-state index contributed by atoms with van der Waals surface area (Å²) >= 11 is 3.41. The molecule has 3 nitrogen and oxygen atoms in total. The third-order valence-corrected chi connectivity index (χ3v) is 3.40. The van der Waals surface area contributed by atoms with Gasteiger partial charge in [0.2, 0.25) is 0 Å². The van der Waals surface area contributed by atoms with Gasteiger partial charge in [-0.1, -0.05) is 12.1 Å². The summed E-state index contributed by atoms with van der Waals surface area (Å²) in [5, 5.41) is 3.18. The second-order valence-electron chi connectivity index (χ2n) is 4.03. The van der Waals surface area contributed by atoms with Crippen molar-refractivity contribution in [1.82, 2.24) is 4.98 Å². The molecule has 0 aliphatic carbocycles. The Hall–Kier alpha value is -1.68. The smallest absolute Gasteiger partial charge is 0.159 e. The summed E-state index contributed by atoms with van der Waals surface area (Å²) in [6.07, 6.45) is 0. The van der Waals surface area contributed by atoms with Crippen molar-refractivity contribution in [2.75, 3.05) is 5.32 Å². The number of hydrogen-bond donors (Lipinski definition) is 1. The molecular formula is C14H13BrN2O. The molecule has 1 heterocycles. The van der Waals surface area contributed by atoms with Gasteiger partial charge < -0.3 is 5.32 Å². The van der Waals surface area contributed by atoms with Crippen LogP contribution in [0.5, 0.6) is 0 Å². The lowest BCUT2D eigenvalue weighted by Gasteiger charge is -2.08. The van der Waals surface area contributed by atoms with Crippen molar-refractivity contribution in [2.45, 2.75) is 13.8 Å². The number of aromatic nitrogens is 1. The molecule has 0 aliphatic rings. The Morgan fingerprint density at radius 1 is 1.28 bits per heavy atom. The average molecular weight is 305 g/mol. The van der Waals surface area contributed by atoms with Crippen LogP contribution in [-0.4, -0.2) is 10.8 Å². The third-order valence-electron chi connectivity index (χ3n) is 2.56. The minimum absolute atomic E-state index is 0.0543. The number of pyridine rings is 1.